The van der Waals surface area contributed by atoms with E-state index >= 15 is 0 Å². The van der Waals surface area contributed by atoms with Gasteiger partial charge in [-0.25, -0.2) is 0 Å². The summed E-state index contributed by atoms with van der Waals surface area (Å²) in [6, 6.07) is 10.9. The third-order valence-electron chi connectivity index (χ3n) is 5.35. The van der Waals surface area contributed by atoms with Crippen LogP contribution in [-0.2, 0) is 0 Å². The molecule has 1 saturated heterocycles. The van der Waals surface area contributed by atoms with Crippen molar-refractivity contribution in [1.82, 2.24) is 10.2 Å². The molecule has 1 N–H and O–H groups in total. The lowest BCUT2D eigenvalue weighted by Gasteiger charge is -2.45. The molecule has 21 heavy (non-hydrogen) atoms. The molecule has 1 aromatic carbocycles. The zero-order valence-electron chi connectivity index (χ0n) is 14.4. The Morgan fingerprint density at radius 3 is 2.43 bits per heavy atom. The Labute approximate surface area is 130 Å². The molecule has 2 heteroatoms. The molecule has 1 aliphatic heterocycles. The summed E-state index contributed by atoms with van der Waals surface area (Å²) >= 11 is 0. The Hall–Kier alpha value is -0.860. The summed E-state index contributed by atoms with van der Waals surface area (Å²) in [7, 11) is 0. The Bertz CT molecular complexity index is 426. The molecule has 1 aromatic rings. The van der Waals surface area contributed by atoms with Crippen LogP contribution in [0.4, 0.5) is 0 Å². The minimum Gasteiger partial charge on any atom is -0.311 e. The van der Waals surface area contributed by atoms with E-state index in [-0.39, 0.29) is 0 Å². The number of benzene rings is 1. The van der Waals surface area contributed by atoms with Gasteiger partial charge in [0.25, 0.3) is 0 Å². The van der Waals surface area contributed by atoms with Crippen LogP contribution in [0.2, 0.25) is 0 Å². The van der Waals surface area contributed by atoms with Crippen molar-refractivity contribution in [2.45, 2.75) is 65.6 Å². The number of nitrogens with zero attached hydrogens (tertiary/aromatic N) is 1. The number of hydrogen-bond donors (Lipinski definition) is 1. The van der Waals surface area contributed by atoms with Gasteiger partial charge >= 0.3 is 0 Å². The van der Waals surface area contributed by atoms with Crippen LogP contribution in [0.25, 0.3) is 0 Å². The average molecular weight is 288 g/mol. The van der Waals surface area contributed by atoms with Crippen LogP contribution in [0.15, 0.2) is 24.3 Å². The van der Waals surface area contributed by atoms with Gasteiger partial charge in [-0.2, -0.15) is 0 Å². The Morgan fingerprint density at radius 2 is 1.86 bits per heavy atom. The quantitative estimate of drug-likeness (QED) is 0.875. The number of rotatable bonds is 5. The van der Waals surface area contributed by atoms with E-state index in [1.54, 1.807) is 0 Å². The SMILES string of the molecule is CCC(C)C1CN(C(C)c2ccc(C)cc2)C(CC)CN1. The molecule has 1 fully saturated rings. The molecule has 0 spiro atoms. The zero-order chi connectivity index (χ0) is 15.4. The third kappa shape index (κ3) is 3.87. The van der Waals surface area contributed by atoms with Crippen molar-refractivity contribution in [3.8, 4) is 0 Å². The van der Waals surface area contributed by atoms with Gasteiger partial charge in [-0.15, -0.1) is 0 Å². The maximum atomic E-state index is 3.77. The minimum atomic E-state index is 0.504. The predicted octanol–water partition coefficient (Wildman–Crippen LogP) is 4.15. The van der Waals surface area contributed by atoms with Crippen LogP contribution < -0.4 is 5.32 Å². The molecule has 1 aliphatic rings. The summed E-state index contributed by atoms with van der Waals surface area (Å²) in [6.45, 7) is 13.8. The van der Waals surface area contributed by atoms with Crippen molar-refractivity contribution >= 4 is 0 Å². The number of nitrogens with one attached hydrogen (secondary N) is 1. The second kappa shape index (κ2) is 7.42. The van der Waals surface area contributed by atoms with E-state index in [1.807, 2.05) is 0 Å². The second-order valence-electron chi connectivity index (χ2n) is 6.75. The first-order valence-electron chi connectivity index (χ1n) is 8.62. The largest absolute Gasteiger partial charge is 0.311 e. The van der Waals surface area contributed by atoms with E-state index in [9.17, 15) is 0 Å². The summed E-state index contributed by atoms with van der Waals surface area (Å²) < 4.78 is 0. The summed E-state index contributed by atoms with van der Waals surface area (Å²) in [5.74, 6) is 0.746. The zero-order valence-corrected chi connectivity index (χ0v) is 14.4. The van der Waals surface area contributed by atoms with E-state index in [1.165, 1.54) is 30.5 Å². The molecule has 0 saturated carbocycles. The van der Waals surface area contributed by atoms with Gasteiger partial charge in [0.05, 0.1) is 0 Å². The van der Waals surface area contributed by atoms with Gasteiger partial charge in [-0.05, 0) is 31.7 Å². The van der Waals surface area contributed by atoms with E-state index in [0.717, 1.165) is 12.5 Å². The molecule has 0 aliphatic carbocycles. The van der Waals surface area contributed by atoms with Gasteiger partial charge in [0.1, 0.15) is 0 Å². The molecule has 2 nitrogen and oxygen atoms in total. The van der Waals surface area contributed by atoms with E-state index in [4.69, 9.17) is 0 Å². The molecule has 118 valence electrons. The molecule has 0 bridgehead atoms. The Balaban J connectivity index is 2.14. The first-order chi connectivity index (χ1) is 10.1. The van der Waals surface area contributed by atoms with Gasteiger partial charge in [-0.3, -0.25) is 4.90 Å². The Kier molecular flexibility index (Phi) is 5.83. The molecule has 4 atom stereocenters. The molecule has 0 aromatic heterocycles. The highest BCUT2D eigenvalue weighted by molar-refractivity contribution is 5.24. The van der Waals surface area contributed by atoms with Gasteiger partial charge in [0.15, 0.2) is 0 Å². The molecule has 1 heterocycles. The van der Waals surface area contributed by atoms with Crippen molar-refractivity contribution in [2.75, 3.05) is 13.1 Å². The van der Waals surface area contributed by atoms with Crippen LogP contribution in [0.1, 0.15) is 57.7 Å². The first-order valence-corrected chi connectivity index (χ1v) is 8.62. The second-order valence-corrected chi connectivity index (χ2v) is 6.75. The topological polar surface area (TPSA) is 15.3 Å². The predicted molar refractivity (Wildman–Crippen MR) is 91.6 cm³/mol. The maximum absolute atomic E-state index is 3.77. The summed E-state index contributed by atoms with van der Waals surface area (Å²) in [4.78, 5) is 2.72. The standard InChI is InChI=1S/C19H32N2/c1-6-15(4)19-13-21(18(7-2)12-20-19)16(5)17-10-8-14(3)9-11-17/h8-11,15-16,18-20H,6-7,12-13H2,1-5H3. The average Bonchev–Trinajstić information content (AvgIpc) is 2.53. The highest BCUT2D eigenvalue weighted by atomic mass is 15.3. The third-order valence-corrected chi connectivity index (χ3v) is 5.35. The molecule has 0 amide bonds. The highest BCUT2D eigenvalue weighted by Crippen LogP contribution is 2.27. The molecule has 0 radical (unpaired) electrons. The molecule has 2 rings (SSSR count). The van der Waals surface area contributed by atoms with Crippen molar-refractivity contribution in [2.24, 2.45) is 5.92 Å². The van der Waals surface area contributed by atoms with Crippen LogP contribution >= 0.6 is 0 Å². The van der Waals surface area contributed by atoms with E-state index in [0.29, 0.717) is 18.1 Å². The lowest BCUT2D eigenvalue weighted by Crippen LogP contribution is -2.58. The number of aryl methyl sites for hydroxylation is 1. The first kappa shape index (κ1) is 16.5. The maximum Gasteiger partial charge on any atom is 0.0324 e. The minimum absolute atomic E-state index is 0.504. The van der Waals surface area contributed by atoms with Crippen molar-refractivity contribution in [1.29, 1.82) is 0 Å². The van der Waals surface area contributed by atoms with Gasteiger partial charge in [0.2, 0.25) is 0 Å². The fourth-order valence-corrected chi connectivity index (χ4v) is 3.40. The van der Waals surface area contributed by atoms with Crippen molar-refractivity contribution < 1.29 is 0 Å². The fourth-order valence-electron chi connectivity index (χ4n) is 3.40. The molecular formula is C19H32N2. The van der Waals surface area contributed by atoms with E-state index < -0.39 is 0 Å². The van der Waals surface area contributed by atoms with Crippen LogP contribution in [0, 0.1) is 12.8 Å². The fraction of sp³-hybridized carbons (Fsp3) is 0.684. The monoisotopic (exact) mass is 288 g/mol. The summed E-state index contributed by atoms with van der Waals surface area (Å²) in [5, 5.41) is 3.77. The highest BCUT2D eigenvalue weighted by Gasteiger charge is 2.32. The van der Waals surface area contributed by atoms with Crippen LogP contribution in [0.3, 0.4) is 0 Å². The van der Waals surface area contributed by atoms with Gasteiger partial charge in [-0.1, -0.05) is 57.0 Å². The van der Waals surface area contributed by atoms with Gasteiger partial charge in [0, 0.05) is 31.2 Å². The summed E-state index contributed by atoms with van der Waals surface area (Å²) in [5.41, 5.74) is 2.79. The van der Waals surface area contributed by atoms with E-state index in [2.05, 4.69) is 69.1 Å². The number of hydrogen-bond acceptors (Lipinski definition) is 2. The normalized spacial score (nSPS) is 26.5. The van der Waals surface area contributed by atoms with Crippen molar-refractivity contribution in [3.05, 3.63) is 35.4 Å². The molecule has 4 unspecified atom stereocenters. The molecular weight excluding hydrogens is 256 g/mol. The van der Waals surface area contributed by atoms with Gasteiger partial charge < -0.3 is 5.32 Å². The number of piperazine rings is 1. The Morgan fingerprint density at radius 1 is 1.19 bits per heavy atom. The smallest absolute Gasteiger partial charge is 0.0324 e. The van der Waals surface area contributed by atoms with Crippen LogP contribution in [0.5, 0.6) is 0 Å². The summed E-state index contributed by atoms with van der Waals surface area (Å²) in [6.07, 6.45) is 2.47. The lowest BCUT2D eigenvalue weighted by molar-refractivity contribution is 0.0706. The van der Waals surface area contributed by atoms with Crippen LogP contribution in [-0.4, -0.2) is 30.1 Å². The lowest BCUT2D eigenvalue weighted by atomic mass is 9.92. The van der Waals surface area contributed by atoms with Crippen molar-refractivity contribution in [3.63, 3.8) is 0 Å².